The summed E-state index contributed by atoms with van der Waals surface area (Å²) in [4.78, 5) is 19.6. The molecule has 1 aromatic carbocycles. The molecule has 2 unspecified atom stereocenters. The molecule has 3 rings (SSSR count). The number of halogens is 2. The van der Waals surface area contributed by atoms with Crippen LogP contribution in [0.1, 0.15) is 20.3 Å². The van der Waals surface area contributed by atoms with Gasteiger partial charge in [-0.25, -0.2) is 0 Å². The highest BCUT2D eigenvalue weighted by atomic mass is 35.5. The third-order valence-corrected chi connectivity index (χ3v) is 5.70. The average molecular weight is 403 g/mol. The Morgan fingerprint density at radius 2 is 1.73 bits per heavy atom. The van der Waals surface area contributed by atoms with Crippen molar-refractivity contribution >= 4 is 36.4 Å². The lowest BCUT2D eigenvalue weighted by atomic mass is 9.90. The molecule has 0 radical (unpaired) electrons. The van der Waals surface area contributed by atoms with Crippen molar-refractivity contribution < 1.29 is 4.79 Å². The lowest BCUT2D eigenvalue weighted by Crippen LogP contribution is -2.54. The van der Waals surface area contributed by atoms with Crippen LogP contribution < -0.4 is 10.6 Å². The summed E-state index contributed by atoms with van der Waals surface area (Å²) in [6, 6.07) is 10.4. The summed E-state index contributed by atoms with van der Waals surface area (Å²) in [6.07, 6.45) is 1.09. The number of carbonyl (C=O) groups is 1. The standard InChI is InChI=1S/C19H30N4O.2ClH/c1-16(23-9-8-19(2,14-20)15-23)18(24)22-12-10-21(11-13-22)17-6-4-3-5-7-17;;/h3-7,16H,8-15,20H2,1-2H3;2*1H. The summed E-state index contributed by atoms with van der Waals surface area (Å²) in [5.41, 5.74) is 7.31. The Morgan fingerprint density at radius 3 is 2.27 bits per heavy atom. The molecule has 1 aromatic rings. The number of likely N-dealkylation sites (tertiary alicyclic amines) is 1. The van der Waals surface area contributed by atoms with Crippen LogP contribution in [0, 0.1) is 5.41 Å². The van der Waals surface area contributed by atoms with Gasteiger partial charge in [-0.05, 0) is 44.0 Å². The van der Waals surface area contributed by atoms with E-state index in [0.717, 1.165) is 45.7 Å². The summed E-state index contributed by atoms with van der Waals surface area (Å²) < 4.78 is 0. The molecular formula is C19H32Cl2N4O. The number of benzene rings is 1. The van der Waals surface area contributed by atoms with Gasteiger partial charge >= 0.3 is 0 Å². The van der Waals surface area contributed by atoms with Crippen molar-refractivity contribution in [1.82, 2.24) is 9.80 Å². The largest absolute Gasteiger partial charge is 0.368 e. The summed E-state index contributed by atoms with van der Waals surface area (Å²) in [5.74, 6) is 0.268. The number of nitrogens with zero attached hydrogens (tertiary/aromatic N) is 3. The molecule has 1 amide bonds. The second-order valence-electron chi connectivity index (χ2n) is 7.56. The van der Waals surface area contributed by atoms with Gasteiger partial charge in [-0.2, -0.15) is 0 Å². The first-order valence-corrected chi connectivity index (χ1v) is 9.05. The van der Waals surface area contributed by atoms with Crippen molar-refractivity contribution in [1.29, 1.82) is 0 Å². The van der Waals surface area contributed by atoms with Gasteiger partial charge < -0.3 is 15.5 Å². The van der Waals surface area contributed by atoms with Gasteiger partial charge in [0.15, 0.2) is 0 Å². The van der Waals surface area contributed by atoms with Crippen molar-refractivity contribution in [3.8, 4) is 0 Å². The summed E-state index contributed by atoms with van der Waals surface area (Å²) >= 11 is 0. The van der Waals surface area contributed by atoms with Crippen molar-refractivity contribution in [3.63, 3.8) is 0 Å². The van der Waals surface area contributed by atoms with Crippen LogP contribution in [0.2, 0.25) is 0 Å². The number of para-hydroxylation sites is 1. The molecule has 0 aliphatic carbocycles. The molecule has 7 heteroatoms. The second kappa shape index (κ2) is 9.79. The minimum Gasteiger partial charge on any atom is -0.368 e. The van der Waals surface area contributed by atoms with Gasteiger partial charge in [-0.15, -0.1) is 24.8 Å². The quantitative estimate of drug-likeness (QED) is 0.838. The number of rotatable bonds is 4. The van der Waals surface area contributed by atoms with E-state index >= 15 is 0 Å². The monoisotopic (exact) mass is 402 g/mol. The fraction of sp³-hybridized carbons (Fsp3) is 0.632. The first-order chi connectivity index (χ1) is 11.5. The summed E-state index contributed by atoms with van der Waals surface area (Å²) in [7, 11) is 0. The van der Waals surface area contributed by atoms with Crippen molar-refractivity contribution in [2.24, 2.45) is 11.1 Å². The van der Waals surface area contributed by atoms with E-state index in [0.29, 0.717) is 6.54 Å². The molecule has 2 saturated heterocycles. The Kier molecular flexibility index (Phi) is 8.67. The maximum Gasteiger partial charge on any atom is 0.239 e. The van der Waals surface area contributed by atoms with E-state index in [-0.39, 0.29) is 42.2 Å². The van der Waals surface area contributed by atoms with Crippen LogP contribution in [0.25, 0.3) is 0 Å². The SMILES string of the molecule is CC(C(=O)N1CCN(c2ccccc2)CC1)N1CCC(C)(CN)C1.Cl.Cl. The highest BCUT2D eigenvalue weighted by Gasteiger charge is 2.38. The predicted molar refractivity (Wildman–Crippen MR) is 113 cm³/mol. The van der Waals surface area contributed by atoms with Gasteiger partial charge in [0.25, 0.3) is 0 Å². The van der Waals surface area contributed by atoms with Crippen LogP contribution in [0.15, 0.2) is 30.3 Å². The molecule has 2 N–H and O–H groups in total. The van der Waals surface area contributed by atoms with Crippen LogP contribution in [-0.2, 0) is 4.79 Å². The predicted octanol–water partition coefficient (Wildman–Crippen LogP) is 2.24. The molecule has 2 atom stereocenters. The fourth-order valence-electron chi connectivity index (χ4n) is 3.80. The van der Waals surface area contributed by atoms with E-state index < -0.39 is 0 Å². The van der Waals surface area contributed by atoms with Gasteiger partial charge in [-0.3, -0.25) is 9.69 Å². The highest BCUT2D eigenvalue weighted by Crippen LogP contribution is 2.30. The summed E-state index contributed by atoms with van der Waals surface area (Å²) in [5, 5.41) is 0. The average Bonchev–Trinajstić information content (AvgIpc) is 3.04. The van der Waals surface area contributed by atoms with E-state index in [9.17, 15) is 4.79 Å². The molecule has 0 saturated carbocycles. The lowest BCUT2D eigenvalue weighted by molar-refractivity contribution is -0.136. The maximum atomic E-state index is 12.9. The van der Waals surface area contributed by atoms with Gasteiger partial charge in [-0.1, -0.05) is 25.1 Å². The van der Waals surface area contributed by atoms with Gasteiger partial charge in [0.2, 0.25) is 5.91 Å². The number of amides is 1. The van der Waals surface area contributed by atoms with Crippen LogP contribution >= 0.6 is 24.8 Å². The van der Waals surface area contributed by atoms with E-state index in [1.54, 1.807) is 0 Å². The van der Waals surface area contributed by atoms with Crippen LogP contribution in [-0.4, -0.2) is 67.6 Å². The van der Waals surface area contributed by atoms with Crippen molar-refractivity contribution in [3.05, 3.63) is 30.3 Å². The number of carbonyl (C=O) groups excluding carboxylic acids is 1. The summed E-state index contributed by atoms with van der Waals surface area (Å²) in [6.45, 7) is 10.3. The zero-order valence-electron chi connectivity index (χ0n) is 15.8. The molecule has 0 aromatic heterocycles. The number of hydrogen-bond acceptors (Lipinski definition) is 4. The minimum atomic E-state index is -0.0401. The molecule has 2 aliphatic rings. The molecule has 5 nitrogen and oxygen atoms in total. The third kappa shape index (κ3) is 5.03. The molecular weight excluding hydrogens is 371 g/mol. The molecule has 26 heavy (non-hydrogen) atoms. The first-order valence-electron chi connectivity index (χ1n) is 9.05. The van der Waals surface area contributed by atoms with Gasteiger partial charge in [0, 0.05) is 38.4 Å². The van der Waals surface area contributed by atoms with Crippen LogP contribution in [0.3, 0.4) is 0 Å². The fourth-order valence-corrected chi connectivity index (χ4v) is 3.80. The lowest BCUT2D eigenvalue weighted by Gasteiger charge is -2.38. The molecule has 0 bridgehead atoms. The van der Waals surface area contributed by atoms with Crippen LogP contribution in [0.4, 0.5) is 5.69 Å². The molecule has 2 heterocycles. The first kappa shape index (κ1) is 23.0. The zero-order valence-corrected chi connectivity index (χ0v) is 17.4. The van der Waals surface area contributed by atoms with E-state index in [4.69, 9.17) is 5.73 Å². The molecule has 148 valence electrons. The Bertz CT molecular complexity index is 566. The maximum absolute atomic E-state index is 12.9. The Hall–Kier alpha value is -1.01. The van der Waals surface area contributed by atoms with E-state index in [1.807, 2.05) is 17.9 Å². The zero-order chi connectivity index (χ0) is 17.2. The number of anilines is 1. The Morgan fingerprint density at radius 1 is 1.12 bits per heavy atom. The Balaban J connectivity index is 0.00000169. The van der Waals surface area contributed by atoms with Gasteiger partial charge in [0.05, 0.1) is 6.04 Å². The molecule has 2 fully saturated rings. The smallest absolute Gasteiger partial charge is 0.239 e. The topological polar surface area (TPSA) is 52.8 Å². The molecule has 0 spiro atoms. The van der Waals surface area contributed by atoms with E-state index in [2.05, 4.69) is 41.0 Å². The van der Waals surface area contributed by atoms with Crippen molar-refractivity contribution in [2.45, 2.75) is 26.3 Å². The Labute approximate surface area is 169 Å². The minimum absolute atomic E-state index is 0. The number of piperazine rings is 1. The molecule has 2 aliphatic heterocycles. The number of nitrogens with two attached hydrogens (primary N) is 1. The highest BCUT2D eigenvalue weighted by molar-refractivity contribution is 5.85. The third-order valence-electron chi connectivity index (χ3n) is 5.70. The van der Waals surface area contributed by atoms with E-state index in [1.165, 1.54) is 5.69 Å². The van der Waals surface area contributed by atoms with Crippen molar-refractivity contribution in [2.75, 3.05) is 50.7 Å². The van der Waals surface area contributed by atoms with Crippen LogP contribution in [0.5, 0.6) is 0 Å². The normalized spacial score (nSPS) is 24.6. The number of hydrogen-bond donors (Lipinski definition) is 1. The van der Waals surface area contributed by atoms with Gasteiger partial charge in [0.1, 0.15) is 0 Å². The second-order valence-corrected chi connectivity index (χ2v) is 7.56.